The normalized spacial score (nSPS) is 23.5. The molecule has 0 bridgehead atoms. The van der Waals surface area contributed by atoms with Crippen LogP contribution in [0.2, 0.25) is 0 Å². The molecule has 1 aromatic rings. The van der Waals surface area contributed by atoms with Crippen molar-refractivity contribution in [3.8, 4) is 0 Å². The first-order valence-corrected chi connectivity index (χ1v) is 6.84. The number of benzene rings is 1. The summed E-state index contributed by atoms with van der Waals surface area (Å²) in [5.74, 6) is -1.55. The molecule has 106 valence electrons. The Morgan fingerprint density at radius 3 is 2.68 bits per heavy atom. The van der Waals surface area contributed by atoms with Crippen molar-refractivity contribution in [1.29, 1.82) is 0 Å². The molecular formula is C15H22F2N2. The van der Waals surface area contributed by atoms with Gasteiger partial charge in [-0.1, -0.05) is 13.0 Å². The summed E-state index contributed by atoms with van der Waals surface area (Å²) < 4.78 is 26.2. The molecule has 0 saturated carbocycles. The zero-order valence-corrected chi connectivity index (χ0v) is 11.8. The van der Waals surface area contributed by atoms with E-state index in [9.17, 15) is 8.78 Å². The van der Waals surface area contributed by atoms with Gasteiger partial charge in [0.05, 0.1) is 0 Å². The topological polar surface area (TPSA) is 15.3 Å². The minimum absolute atomic E-state index is 0.0598. The molecule has 0 spiro atoms. The fraction of sp³-hybridized carbons (Fsp3) is 0.600. The number of piperazine rings is 1. The predicted octanol–water partition coefficient (Wildman–Crippen LogP) is 2.93. The second-order valence-electron chi connectivity index (χ2n) is 5.98. The highest BCUT2D eigenvalue weighted by Crippen LogP contribution is 2.20. The summed E-state index contributed by atoms with van der Waals surface area (Å²) in [7, 11) is 0. The summed E-state index contributed by atoms with van der Waals surface area (Å²) in [6, 6.07) is 4.62. The molecule has 0 aliphatic carbocycles. The van der Waals surface area contributed by atoms with E-state index in [0.717, 1.165) is 25.1 Å². The van der Waals surface area contributed by atoms with Crippen molar-refractivity contribution in [2.45, 2.75) is 45.3 Å². The van der Waals surface area contributed by atoms with E-state index in [1.165, 1.54) is 12.1 Å². The Bertz CT molecular complexity index is 446. The van der Waals surface area contributed by atoms with Gasteiger partial charge >= 0.3 is 0 Å². The van der Waals surface area contributed by atoms with Crippen LogP contribution in [0.1, 0.15) is 32.8 Å². The Hall–Kier alpha value is -1.00. The number of nitrogens with one attached hydrogen (secondary N) is 1. The lowest BCUT2D eigenvalue weighted by Gasteiger charge is -2.44. The molecule has 0 radical (unpaired) electrons. The van der Waals surface area contributed by atoms with E-state index in [4.69, 9.17) is 0 Å². The van der Waals surface area contributed by atoms with E-state index in [2.05, 4.69) is 31.0 Å². The number of halogens is 2. The average Bonchev–Trinajstić information content (AvgIpc) is 2.33. The standard InChI is InChI=1S/C15H22F2N2/c1-4-12-8-18-15(2,3)10-19(12)9-11-5-6-13(16)14(17)7-11/h5-7,12,18H,4,8-10H2,1-3H3. The van der Waals surface area contributed by atoms with Crippen LogP contribution < -0.4 is 5.32 Å². The van der Waals surface area contributed by atoms with Crippen molar-refractivity contribution in [2.24, 2.45) is 0 Å². The van der Waals surface area contributed by atoms with Crippen LogP contribution in [-0.2, 0) is 6.54 Å². The molecule has 4 heteroatoms. The Labute approximate surface area is 113 Å². The largest absolute Gasteiger partial charge is 0.309 e. The molecule has 2 rings (SSSR count). The van der Waals surface area contributed by atoms with Crippen LogP contribution in [0.15, 0.2) is 18.2 Å². The molecule has 1 aliphatic rings. The van der Waals surface area contributed by atoms with E-state index in [1.807, 2.05) is 0 Å². The van der Waals surface area contributed by atoms with Crippen molar-refractivity contribution in [2.75, 3.05) is 13.1 Å². The summed E-state index contributed by atoms with van der Waals surface area (Å²) in [6.07, 6.45) is 1.05. The minimum atomic E-state index is -0.781. The van der Waals surface area contributed by atoms with Gasteiger partial charge in [0.15, 0.2) is 11.6 Å². The van der Waals surface area contributed by atoms with E-state index < -0.39 is 11.6 Å². The third kappa shape index (κ3) is 3.51. The van der Waals surface area contributed by atoms with Crippen LogP contribution in [0.4, 0.5) is 8.78 Å². The van der Waals surface area contributed by atoms with Crippen molar-refractivity contribution in [3.63, 3.8) is 0 Å². The van der Waals surface area contributed by atoms with E-state index in [0.29, 0.717) is 12.6 Å². The molecule has 1 aromatic carbocycles. The number of hydrogen-bond donors (Lipinski definition) is 1. The molecule has 1 aliphatic heterocycles. The fourth-order valence-corrected chi connectivity index (χ4v) is 2.68. The molecule has 2 nitrogen and oxygen atoms in total. The minimum Gasteiger partial charge on any atom is -0.309 e. The summed E-state index contributed by atoms with van der Waals surface area (Å²) in [5.41, 5.74) is 0.889. The predicted molar refractivity (Wildman–Crippen MR) is 72.9 cm³/mol. The van der Waals surface area contributed by atoms with Gasteiger partial charge in [0, 0.05) is 31.2 Å². The molecule has 1 N–H and O–H groups in total. The first-order valence-electron chi connectivity index (χ1n) is 6.84. The first-order chi connectivity index (χ1) is 8.91. The van der Waals surface area contributed by atoms with Crippen molar-refractivity contribution in [1.82, 2.24) is 10.2 Å². The van der Waals surface area contributed by atoms with Crippen molar-refractivity contribution >= 4 is 0 Å². The van der Waals surface area contributed by atoms with Crippen molar-refractivity contribution in [3.05, 3.63) is 35.4 Å². The molecule has 1 atom stereocenters. The van der Waals surface area contributed by atoms with Crippen molar-refractivity contribution < 1.29 is 8.78 Å². The van der Waals surface area contributed by atoms with E-state index in [1.54, 1.807) is 6.07 Å². The Morgan fingerprint density at radius 1 is 1.32 bits per heavy atom. The second kappa shape index (κ2) is 5.55. The smallest absolute Gasteiger partial charge is 0.159 e. The van der Waals surface area contributed by atoms with Crippen LogP contribution in [0.25, 0.3) is 0 Å². The SMILES string of the molecule is CCC1CNC(C)(C)CN1Cc1ccc(F)c(F)c1. The fourth-order valence-electron chi connectivity index (χ4n) is 2.68. The van der Waals surface area contributed by atoms with Gasteiger partial charge in [0.25, 0.3) is 0 Å². The van der Waals surface area contributed by atoms with Crippen LogP contribution in [0.3, 0.4) is 0 Å². The molecule has 1 heterocycles. The number of hydrogen-bond acceptors (Lipinski definition) is 2. The van der Waals surface area contributed by atoms with Gasteiger partial charge in [0.2, 0.25) is 0 Å². The highest BCUT2D eigenvalue weighted by Gasteiger charge is 2.31. The molecule has 1 fully saturated rings. The van der Waals surface area contributed by atoms with Gasteiger partial charge in [-0.2, -0.15) is 0 Å². The van der Waals surface area contributed by atoms with Gasteiger partial charge in [-0.15, -0.1) is 0 Å². The lowest BCUT2D eigenvalue weighted by molar-refractivity contribution is 0.0857. The van der Waals surface area contributed by atoms with Gasteiger partial charge in [0.1, 0.15) is 0 Å². The first kappa shape index (κ1) is 14.4. The maximum atomic E-state index is 13.3. The Kier molecular flexibility index (Phi) is 4.21. The monoisotopic (exact) mass is 268 g/mol. The zero-order chi connectivity index (χ0) is 14.0. The average molecular weight is 268 g/mol. The summed E-state index contributed by atoms with van der Waals surface area (Å²) >= 11 is 0. The highest BCUT2D eigenvalue weighted by atomic mass is 19.2. The molecule has 1 unspecified atom stereocenters. The number of nitrogens with zero attached hydrogens (tertiary/aromatic N) is 1. The molecule has 0 aromatic heterocycles. The molecule has 0 amide bonds. The van der Waals surface area contributed by atoms with Crippen LogP contribution in [-0.4, -0.2) is 29.6 Å². The highest BCUT2D eigenvalue weighted by molar-refractivity contribution is 5.18. The van der Waals surface area contributed by atoms with Crippen LogP contribution >= 0.6 is 0 Å². The maximum Gasteiger partial charge on any atom is 0.159 e. The molecule has 19 heavy (non-hydrogen) atoms. The third-order valence-electron chi connectivity index (χ3n) is 3.77. The van der Waals surface area contributed by atoms with Gasteiger partial charge in [-0.25, -0.2) is 8.78 Å². The Balaban J connectivity index is 2.12. The Morgan fingerprint density at radius 2 is 2.05 bits per heavy atom. The lowest BCUT2D eigenvalue weighted by atomic mass is 9.97. The summed E-state index contributed by atoms with van der Waals surface area (Å²) in [5, 5.41) is 3.52. The summed E-state index contributed by atoms with van der Waals surface area (Å²) in [4.78, 5) is 2.35. The quantitative estimate of drug-likeness (QED) is 0.906. The van der Waals surface area contributed by atoms with Gasteiger partial charge in [-0.05, 0) is 38.0 Å². The van der Waals surface area contributed by atoms with E-state index >= 15 is 0 Å². The second-order valence-corrected chi connectivity index (χ2v) is 5.98. The van der Waals surface area contributed by atoms with E-state index in [-0.39, 0.29) is 5.54 Å². The molecule has 1 saturated heterocycles. The van der Waals surface area contributed by atoms with Crippen LogP contribution in [0.5, 0.6) is 0 Å². The van der Waals surface area contributed by atoms with Gasteiger partial charge in [-0.3, -0.25) is 4.90 Å². The van der Waals surface area contributed by atoms with Gasteiger partial charge < -0.3 is 5.32 Å². The third-order valence-corrected chi connectivity index (χ3v) is 3.77. The number of rotatable bonds is 3. The maximum absolute atomic E-state index is 13.3. The van der Waals surface area contributed by atoms with Crippen LogP contribution in [0, 0.1) is 11.6 Å². The lowest BCUT2D eigenvalue weighted by Crippen LogP contribution is -2.60. The molecular weight excluding hydrogens is 246 g/mol. The summed E-state index contributed by atoms with van der Waals surface area (Å²) in [6.45, 7) is 9.00. The zero-order valence-electron chi connectivity index (χ0n) is 11.8.